The molecule has 2 aromatic heterocycles. The van der Waals surface area contributed by atoms with Crippen LogP contribution in [0.1, 0.15) is 23.9 Å². The number of hydrogen-bond donors (Lipinski definition) is 0. The predicted molar refractivity (Wildman–Crippen MR) is 107 cm³/mol. The quantitative estimate of drug-likeness (QED) is 0.491. The van der Waals surface area contributed by atoms with Crippen molar-refractivity contribution in [1.29, 1.82) is 0 Å². The van der Waals surface area contributed by atoms with Gasteiger partial charge >= 0.3 is 0 Å². The number of hydrogen-bond acceptors (Lipinski definition) is 4. The minimum absolute atomic E-state index is 0.553. The van der Waals surface area contributed by atoms with Crippen molar-refractivity contribution in [2.75, 3.05) is 6.61 Å². The smallest absolute Gasteiger partial charge is 0.159 e. The van der Waals surface area contributed by atoms with Gasteiger partial charge in [0.05, 0.1) is 18.5 Å². The van der Waals surface area contributed by atoms with Gasteiger partial charge in [0, 0.05) is 17.2 Å². The van der Waals surface area contributed by atoms with Crippen LogP contribution in [0, 0.1) is 6.92 Å². The molecule has 0 spiro atoms. The van der Waals surface area contributed by atoms with Crippen LogP contribution >= 0.6 is 0 Å². The highest BCUT2D eigenvalue weighted by atomic mass is 16.5. The summed E-state index contributed by atoms with van der Waals surface area (Å²) in [6, 6.07) is 22.2. The Bertz CT molecular complexity index is 1040. The van der Waals surface area contributed by atoms with Gasteiger partial charge in [0.2, 0.25) is 0 Å². The highest BCUT2D eigenvalue weighted by molar-refractivity contribution is 6.14. The van der Waals surface area contributed by atoms with Gasteiger partial charge in [0.1, 0.15) is 17.3 Å². The number of pyridine rings is 1. The Labute approximate surface area is 158 Å². The van der Waals surface area contributed by atoms with Crippen LogP contribution in [0.3, 0.4) is 0 Å². The Morgan fingerprint density at radius 3 is 2.22 bits per heavy atom. The molecule has 2 heterocycles. The van der Waals surface area contributed by atoms with E-state index in [9.17, 15) is 0 Å². The average Bonchev–Trinajstić information content (AvgIpc) is 3.06. The molecule has 27 heavy (non-hydrogen) atoms. The molecule has 0 aliphatic heterocycles. The fourth-order valence-electron chi connectivity index (χ4n) is 2.97. The topological polar surface area (TPSA) is 51.8 Å². The van der Waals surface area contributed by atoms with E-state index in [4.69, 9.17) is 9.73 Å². The zero-order valence-corrected chi connectivity index (χ0v) is 15.3. The summed E-state index contributed by atoms with van der Waals surface area (Å²) >= 11 is 0. The van der Waals surface area contributed by atoms with Crippen LogP contribution in [-0.4, -0.2) is 26.9 Å². The first kappa shape index (κ1) is 17.0. The van der Waals surface area contributed by atoms with Gasteiger partial charge < -0.3 is 4.74 Å². The average molecular weight is 356 g/mol. The molecule has 4 rings (SSSR count). The summed E-state index contributed by atoms with van der Waals surface area (Å²) in [7, 11) is 0. The van der Waals surface area contributed by atoms with Crippen LogP contribution in [0.4, 0.5) is 5.69 Å². The second-order valence-electron chi connectivity index (χ2n) is 6.11. The first-order valence-corrected chi connectivity index (χ1v) is 8.94. The molecule has 5 nitrogen and oxygen atoms in total. The van der Waals surface area contributed by atoms with Gasteiger partial charge in [-0.05, 0) is 13.8 Å². The van der Waals surface area contributed by atoms with Crippen LogP contribution in [0.15, 0.2) is 77.9 Å². The molecule has 0 bridgehead atoms. The van der Waals surface area contributed by atoms with Crippen molar-refractivity contribution in [3.63, 3.8) is 0 Å². The SMILES string of the molecule is CCOc1cc2nc(C)nn2cc1N=C(c1ccccc1)c1ccccc1. The number of benzene rings is 2. The Morgan fingerprint density at radius 2 is 1.63 bits per heavy atom. The van der Waals surface area contributed by atoms with E-state index in [2.05, 4.69) is 34.3 Å². The largest absolute Gasteiger partial charge is 0.491 e. The Hall–Kier alpha value is -3.47. The van der Waals surface area contributed by atoms with Crippen LogP contribution in [-0.2, 0) is 0 Å². The fraction of sp³-hybridized carbons (Fsp3) is 0.136. The highest BCUT2D eigenvalue weighted by Gasteiger charge is 2.12. The van der Waals surface area contributed by atoms with Crippen molar-refractivity contribution in [2.45, 2.75) is 13.8 Å². The lowest BCUT2D eigenvalue weighted by atomic mass is 10.0. The van der Waals surface area contributed by atoms with Gasteiger partial charge in [-0.1, -0.05) is 60.7 Å². The molecule has 0 aliphatic carbocycles. The third-order valence-electron chi connectivity index (χ3n) is 4.15. The molecule has 0 unspecified atom stereocenters. The van der Waals surface area contributed by atoms with Gasteiger partial charge in [-0.3, -0.25) is 0 Å². The van der Waals surface area contributed by atoms with Crippen molar-refractivity contribution < 1.29 is 4.74 Å². The highest BCUT2D eigenvalue weighted by Crippen LogP contribution is 2.30. The summed E-state index contributed by atoms with van der Waals surface area (Å²) in [6.07, 6.45) is 1.87. The summed E-state index contributed by atoms with van der Waals surface area (Å²) in [5, 5.41) is 4.41. The van der Waals surface area contributed by atoms with Gasteiger partial charge in [-0.2, -0.15) is 5.10 Å². The molecule has 0 fully saturated rings. The Morgan fingerprint density at radius 1 is 1.00 bits per heavy atom. The van der Waals surface area contributed by atoms with E-state index in [-0.39, 0.29) is 0 Å². The maximum atomic E-state index is 5.84. The third kappa shape index (κ3) is 3.58. The minimum Gasteiger partial charge on any atom is -0.491 e. The number of aliphatic imine (C=N–C) groups is 1. The number of ether oxygens (including phenoxy) is 1. The van der Waals surface area contributed by atoms with E-state index in [1.165, 1.54) is 0 Å². The molecule has 5 heteroatoms. The molecule has 0 N–H and O–H groups in total. The lowest BCUT2D eigenvalue weighted by molar-refractivity contribution is 0.341. The molecule has 0 atom stereocenters. The third-order valence-corrected chi connectivity index (χ3v) is 4.15. The van der Waals surface area contributed by atoms with Crippen LogP contribution < -0.4 is 4.74 Å². The molecular weight excluding hydrogens is 336 g/mol. The molecule has 2 aromatic carbocycles. The lowest BCUT2D eigenvalue weighted by Gasteiger charge is -2.11. The summed E-state index contributed by atoms with van der Waals surface area (Å²) in [4.78, 5) is 9.40. The van der Waals surface area contributed by atoms with E-state index in [1.807, 2.05) is 62.5 Å². The monoisotopic (exact) mass is 356 g/mol. The number of aromatic nitrogens is 3. The maximum absolute atomic E-state index is 5.84. The number of nitrogens with zero attached hydrogens (tertiary/aromatic N) is 4. The normalized spacial score (nSPS) is 10.7. The van der Waals surface area contributed by atoms with Crippen LogP contribution in [0.2, 0.25) is 0 Å². The zero-order valence-electron chi connectivity index (χ0n) is 15.3. The molecule has 0 radical (unpaired) electrons. The molecule has 0 amide bonds. The zero-order chi connectivity index (χ0) is 18.6. The second kappa shape index (κ2) is 7.41. The molecule has 4 aromatic rings. The van der Waals surface area contributed by atoms with Crippen molar-refractivity contribution in [3.05, 3.63) is 89.9 Å². The van der Waals surface area contributed by atoms with Gasteiger partial charge in [0.15, 0.2) is 5.65 Å². The van der Waals surface area contributed by atoms with E-state index >= 15 is 0 Å². The standard InChI is InChI=1S/C22H20N4O/c1-3-27-20-14-21-23-16(2)25-26(21)15-19(20)24-22(17-10-6-4-7-11-17)18-12-8-5-9-13-18/h4-15H,3H2,1-2H3. The van der Waals surface area contributed by atoms with Crippen LogP contribution in [0.5, 0.6) is 5.75 Å². The summed E-state index contributed by atoms with van der Waals surface area (Å²) in [5.41, 5.74) is 4.43. The van der Waals surface area contributed by atoms with E-state index < -0.39 is 0 Å². The lowest BCUT2D eigenvalue weighted by Crippen LogP contribution is -2.03. The Balaban J connectivity index is 1.93. The van der Waals surface area contributed by atoms with Crippen molar-refractivity contribution in [3.8, 4) is 5.75 Å². The first-order valence-electron chi connectivity index (χ1n) is 8.94. The molecule has 0 saturated carbocycles. The second-order valence-corrected chi connectivity index (χ2v) is 6.11. The summed E-state index contributed by atoms with van der Waals surface area (Å²) < 4.78 is 7.58. The van der Waals surface area contributed by atoms with Gasteiger partial charge in [0.25, 0.3) is 0 Å². The van der Waals surface area contributed by atoms with Crippen molar-refractivity contribution in [1.82, 2.24) is 14.6 Å². The van der Waals surface area contributed by atoms with Crippen molar-refractivity contribution in [2.24, 2.45) is 4.99 Å². The van der Waals surface area contributed by atoms with E-state index in [1.54, 1.807) is 4.52 Å². The van der Waals surface area contributed by atoms with Gasteiger partial charge in [-0.25, -0.2) is 14.5 Å². The number of fused-ring (bicyclic) bond motifs is 1. The predicted octanol–water partition coefficient (Wildman–Crippen LogP) is 4.61. The maximum Gasteiger partial charge on any atom is 0.159 e. The van der Waals surface area contributed by atoms with Crippen molar-refractivity contribution >= 4 is 17.0 Å². The van der Waals surface area contributed by atoms with E-state index in [0.717, 1.165) is 28.2 Å². The summed E-state index contributed by atoms with van der Waals surface area (Å²) in [5.74, 6) is 1.41. The van der Waals surface area contributed by atoms with Crippen LogP contribution in [0.25, 0.3) is 5.65 Å². The number of rotatable bonds is 5. The molecule has 0 saturated heterocycles. The Kier molecular flexibility index (Phi) is 4.66. The fourth-order valence-corrected chi connectivity index (χ4v) is 2.97. The molecular formula is C22H20N4O. The van der Waals surface area contributed by atoms with Gasteiger partial charge in [-0.15, -0.1) is 0 Å². The minimum atomic E-state index is 0.553. The first-order chi connectivity index (χ1) is 13.2. The molecule has 134 valence electrons. The molecule has 0 aliphatic rings. The van der Waals surface area contributed by atoms with E-state index in [0.29, 0.717) is 18.2 Å². The summed E-state index contributed by atoms with van der Waals surface area (Å²) in [6.45, 7) is 4.38. The number of aryl methyl sites for hydroxylation is 1.